The summed E-state index contributed by atoms with van der Waals surface area (Å²) in [5.74, 6) is 5.32. The lowest BCUT2D eigenvalue weighted by molar-refractivity contribution is -0.148. The van der Waals surface area contributed by atoms with Gasteiger partial charge in [-0.1, -0.05) is 75.1 Å². The van der Waals surface area contributed by atoms with Gasteiger partial charge in [-0.2, -0.15) is 0 Å². The normalized spacial score (nSPS) is 17.1. The van der Waals surface area contributed by atoms with Gasteiger partial charge in [0.05, 0.1) is 5.60 Å². The van der Waals surface area contributed by atoms with Crippen molar-refractivity contribution in [2.45, 2.75) is 57.0 Å². The van der Waals surface area contributed by atoms with Gasteiger partial charge in [-0.05, 0) is 48.4 Å². The number of carbonyl (C=O) groups is 1. The second-order valence-corrected chi connectivity index (χ2v) is 8.43. The lowest BCUT2D eigenvalue weighted by Gasteiger charge is -2.34. The van der Waals surface area contributed by atoms with Crippen LogP contribution in [0.25, 0.3) is 0 Å². The van der Waals surface area contributed by atoms with Gasteiger partial charge in [-0.25, -0.2) is 0 Å². The second kappa shape index (κ2) is 7.45. The molecule has 28 heavy (non-hydrogen) atoms. The Morgan fingerprint density at radius 1 is 1.07 bits per heavy atom. The average Bonchev–Trinajstić information content (AvgIpc) is 3.43. The fourth-order valence-electron chi connectivity index (χ4n) is 3.74. The van der Waals surface area contributed by atoms with E-state index in [2.05, 4.69) is 32.6 Å². The quantitative estimate of drug-likeness (QED) is 0.753. The molecular formula is C25H28O3. The number of carboxylic acid groups (broad SMARTS) is 1. The van der Waals surface area contributed by atoms with Crippen molar-refractivity contribution in [1.29, 1.82) is 0 Å². The summed E-state index contributed by atoms with van der Waals surface area (Å²) in [7, 11) is 0. The minimum atomic E-state index is -1.40. The van der Waals surface area contributed by atoms with Crippen LogP contribution in [0.3, 0.4) is 0 Å². The predicted octanol–water partition coefficient (Wildman–Crippen LogP) is 4.93. The van der Waals surface area contributed by atoms with Crippen LogP contribution >= 0.6 is 0 Å². The maximum atomic E-state index is 12.8. The third-order valence-electron chi connectivity index (χ3n) is 5.46. The topological polar surface area (TPSA) is 46.5 Å². The van der Waals surface area contributed by atoms with E-state index >= 15 is 0 Å². The lowest BCUT2D eigenvalue weighted by atomic mass is 9.72. The first-order valence-corrected chi connectivity index (χ1v) is 9.82. The molecule has 1 N–H and O–H groups in total. The Balaban J connectivity index is 2.23. The van der Waals surface area contributed by atoms with Gasteiger partial charge in [0.2, 0.25) is 0 Å². The van der Waals surface area contributed by atoms with Crippen molar-refractivity contribution in [3.63, 3.8) is 0 Å². The Labute approximate surface area is 167 Å². The van der Waals surface area contributed by atoms with Crippen molar-refractivity contribution in [2.75, 3.05) is 6.61 Å². The van der Waals surface area contributed by atoms with Crippen LogP contribution < -0.4 is 0 Å². The largest absolute Gasteiger partial charge is 0.480 e. The van der Waals surface area contributed by atoms with E-state index in [4.69, 9.17) is 4.74 Å². The summed E-state index contributed by atoms with van der Waals surface area (Å²) in [6, 6.07) is 17.4. The van der Waals surface area contributed by atoms with E-state index in [1.54, 1.807) is 0 Å². The number of rotatable bonds is 5. The molecule has 3 nitrogen and oxygen atoms in total. The minimum absolute atomic E-state index is 0.0879. The number of benzene rings is 2. The molecule has 1 atom stereocenters. The summed E-state index contributed by atoms with van der Waals surface area (Å²) in [6.07, 6.45) is 1.38. The first-order chi connectivity index (χ1) is 13.2. The molecule has 0 heterocycles. The van der Waals surface area contributed by atoms with Crippen LogP contribution in [0.1, 0.15) is 57.2 Å². The molecule has 1 aliphatic rings. The molecule has 0 spiro atoms. The Bertz CT molecular complexity index is 908. The van der Waals surface area contributed by atoms with Crippen LogP contribution in [-0.4, -0.2) is 23.3 Å². The average molecular weight is 376 g/mol. The highest BCUT2D eigenvalue weighted by molar-refractivity contribution is 5.89. The van der Waals surface area contributed by atoms with Crippen molar-refractivity contribution < 1.29 is 14.6 Å². The van der Waals surface area contributed by atoms with Crippen LogP contribution in [0.5, 0.6) is 0 Å². The Hall–Kier alpha value is -2.57. The van der Waals surface area contributed by atoms with Gasteiger partial charge in [0.25, 0.3) is 0 Å². The van der Waals surface area contributed by atoms with Crippen LogP contribution in [0.4, 0.5) is 0 Å². The standard InChI is InChI=1S/C25H28O3/c1-5-28-24(16-17-24)25(22(26)27,15-14-19-10-7-6-8-11-19)21-13-9-12-20(18-21)23(2,3)4/h6-13,18H,5,16-17H2,1-4H3,(H,26,27). The summed E-state index contributed by atoms with van der Waals surface area (Å²) in [5.41, 5.74) is 0.306. The molecule has 146 valence electrons. The van der Waals surface area contributed by atoms with Gasteiger partial charge in [0.15, 0.2) is 5.41 Å². The second-order valence-electron chi connectivity index (χ2n) is 8.43. The molecule has 0 bridgehead atoms. The first-order valence-electron chi connectivity index (χ1n) is 9.82. The highest BCUT2D eigenvalue weighted by Crippen LogP contribution is 2.55. The van der Waals surface area contributed by atoms with E-state index in [1.165, 1.54) is 0 Å². The summed E-state index contributed by atoms with van der Waals surface area (Å²) < 4.78 is 6.05. The van der Waals surface area contributed by atoms with Crippen LogP contribution in [0.2, 0.25) is 0 Å². The van der Waals surface area contributed by atoms with Crippen molar-refractivity contribution in [3.05, 3.63) is 71.3 Å². The monoisotopic (exact) mass is 376 g/mol. The molecule has 3 rings (SSSR count). The number of carboxylic acids is 1. The molecule has 0 saturated heterocycles. The van der Waals surface area contributed by atoms with Gasteiger partial charge in [-0.15, -0.1) is 0 Å². The van der Waals surface area contributed by atoms with E-state index in [0.717, 1.165) is 11.1 Å². The Morgan fingerprint density at radius 2 is 1.71 bits per heavy atom. The fraction of sp³-hybridized carbons (Fsp3) is 0.400. The van der Waals surface area contributed by atoms with Crippen molar-refractivity contribution >= 4 is 5.97 Å². The van der Waals surface area contributed by atoms with Crippen LogP contribution in [0.15, 0.2) is 54.6 Å². The zero-order chi connectivity index (χ0) is 20.4. The van der Waals surface area contributed by atoms with Gasteiger partial charge < -0.3 is 9.84 Å². The molecule has 0 aromatic heterocycles. The fourth-order valence-corrected chi connectivity index (χ4v) is 3.74. The van der Waals surface area contributed by atoms with Crippen molar-refractivity contribution in [1.82, 2.24) is 0 Å². The molecule has 1 saturated carbocycles. The number of hydrogen-bond donors (Lipinski definition) is 1. The predicted molar refractivity (Wildman–Crippen MR) is 111 cm³/mol. The smallest absolute Gasteiger partial charge is 0.329 e. The van der Waals surface area contributed by atoms with Gasteiger partial charge in [0, 0.05) is 12.2 Å². The summed E-state index contributed by atoms with van der Waals surface area (Å²) in [6.45, 7) is 8.74. The van der Waals surface area contributed by atoms with Gasteiger partial charge in [0.1, 0.15) is 0 Å². The molecule has 2 aromatic carbocycles. The molecule has 0 aliphatic heterocycles. The van der Waals surface area contributed by atoms with E-state index in [0.29, 0.717) is 25.0 Å². The highest BCUT2D eigenvalue weighted by atomic mass is 16.5. The maximum Gasteiger partial charge on any atom is 0.329 e. The molecule has 1 fully saturated rings. The molecule has 0 amide bonds. The molecule has 1 unspecified atom stereocenters. The summed E-state index contributed by atoms with van der Waals surface area (Å²) in [4.78, 5) is 12.8. The summed E-state index contributed by atoms with van der Waals surface area (Å²) >= 11 is 0. The Kier molecular flexibility index (Phi) is 5.37. The lowest BCUT2D eigenvalue weighted by Crippen LogP contribution is -2.49. The first kappa shape index (κ1) is 20.2. The Morgan fingerprint density at radius 3 is 2.25 bits per heavy atom. The van der Waals surface area contributed by atoms with Gasteiger partial charge in [-0.3, -0.25) is 4.79 Å². The van der Waals surface area contributed by atoms with Gasteiger partial charge >= 0.3 is 5.97 Å². The highest BCUT2D eigenvalue weighted by Gasteiger charge is 2.65. The van der Waals surface area contributed by atoms with E-state index < -0.39 is 17.0 Å². The van der Waals surface area contributed by atoms with Crippen molar-refractivity contribution in [3.8, 4) is 11.8 Å². The third-order valence-corrected chi connectivity index (χ3v) is 5.46. The van der Waals surface area contributed by atoms with Crippen LogP contribution in [-0.2, 0) is 20.4 Å². The van der Waals surface area contributed by atoms with Crippen LogP contribution in [0, 0.1) is 11.8 Å². The minimum Gasteiger partial charge on any atom is -0.480 e. The number of ether oxygens (including phenoxy) is 1. The molecule has 3 heteroatoms. The van der Waals surface area contributed by atoms with E-state index in [1.807, 2.05) is 61.5 Å². The molecular weight excluding hydrogens is 348 g/mol. The number of hydrogen-bond acceptors (Lipinski definition) is 2. The van der Waals surface area contributed by atoms with E-state index in [9.17, 15) is 9.90 Å². The molecule has 2 aromatic rings. The maximum absolute atomic E-state index is 12.8. The van der Waals surface area contributed by atoms with Crippen molar-refractivity contribution in [2.24, 2.45) is 0 Å². The number of aliphatic carboxylic acids is 1. The summed E-state index contributed by atoms with van der Waals surface area (Å²) in [5, 5.41) is 10.5. The third kappa shape index (κ3) is 3.57. The van der Waals surface area contributed by atoms with E-state index in [-0.39, 0.29) is 5.41 Å². The zero-order valence-corrected chi connectivity index (χ0v) is 17.1. The zero-order valence-electron chi connectivity index (χ0n) is 17.1. The SMILES string of the molecule is CCOC1(C(C#Cc2ccccc2)(C(=O)O)c2cccc(C(C)(C)C)c2)CC1. The molecule has 1 aliphatic carbocycles. The molecule has 0 radical (unpaired) electrons.